The lowest BCUT2D eigenvalue weighted by molar-refractivity contribution is -0.114. The van der Waals surface area contributed by atoms with Crippen LogP contribution in [-0.2, 0) is 22.2 Å². The van der Waals surface area contributed by atoms with Gasteiger partial charge in [-0.05, 0) is 89.0 Å². The average molecular weight is 412 g/mol. The summed E-state index contributed by atoms with van der Waals surface area (Å²) in [6, 6.07) is 7.93. The molecule has 6 heteroatoms. The Kier molecular flexibility index (Phi) is 6.56. The van der Waals surface area contributed by atoms with Gasteiger partial charge in [0.25, 0.3) is 5.91 Å². The van der Waals surface area contributed by atoms with E-state index in [2.05, 4.69) is 11.4 Å². The summed E-state index contributed by atoms with van der Waals surface area (Å²) in [6.07, 6.45) is 4.63. The van der Waals surface area contributed by atoms with Gasteiger partial charge in [-0.15, -0.1) is 11.3 Å². The molecule has 2 aromatic rings. The van der Waals surface area contributed by atoms with Gasteiger partial charge >= 0.3 is 7.48 Å². The van der Waals surface area contributed by atoms with Crippen LogP contribution in [0.5, 0.6) is 0 Å². The summed E-state index contributed by atoms with van der Waals surface area (Å²) in [7, 11) is 3.45. The summed E-state index contributed by atoms with van der Waals surface area (Å²) < 4.78 is 11.7. The van der Waals surface area contributed by atoms with Crippen molar-refractivity contribution < 1.29 is 14.2 Å². The molecular weight excluding hydrogens is 381 g/mol. The molecule has 1 aliphatic carbocycles. The number of amides is 1. The summed E-state index contributed by atoms with van der Waals surface area (Å²) in [5.41, 5.74) is 3.12. The van der Waals surface area contributed by atoms with Gasteiger partial charge in [-0.1, -0.05) is 12.1 Å². The molecule has 1 aliphatic rings. The molecule has 0 atom stereocenters. The number of hydrogen-bond donors (Lipinski definition) is 1. The molecule has 1 aromatic carbocycles. The van der Waals surface area contributed by atoms with Crippen LogP contribution in [0.3, 0.4) is 0 Å². The first-order chi connectivity index (χ1) is 13.6. The minimum atomic E-state index is -0.510. The van der Waals surface area contributed by atoms with Gasteiger partial charge in [-0.3, -0.25) is 4.79 Å². The maximum atomic E-state index is 12.8. The zero-order valence-electron chi connectivity index (χ0n) is 18.3. The Morgan fingerprint density at radius 3 is 2.55 bits per heavy atom. The highest BCUT2D eigenvalue weighted by Gasteiger charge is 2.38. The second-order valence-electron chi connectivity index (χ2n) is 8.70. The summed E-state index contributed by atoms with van der Waals surface area (Å²) in [5, 5.41) is 3.09. The number of carbonyl (C=O) groups excluding carboxylic acids is 1. The zero-order valence-corrected chi connectivity index (χ0v) is 19.2. The first kappa shape index (κ1) is 22.1. The monoisotopic (exact) mass is 412 g/mol. The Bertz CT molecular complexity index is 865. The lowest BCUT2D eigenvalue weighted by atomic mass is 9.80. The van der Waals surface area contributed by atoms with E-state index in [1.165, 1.54) is 23.3 Å². The van der Waals surface area contributed by atoms with Crippen molar-refractivity contribution in [2.75, 3.05) is 12.4 Å². The third-order valence-corrected chi connectivity index (χ3v) is 7.52. The van der Waals surface area contributed by atoms with Crippen LogP contribution in [-0.4, -0.2) is 31.7 Å². The maximum absolute atomic E-state index is 12.8. The largest absolute Gasteiger partial charge is 0.427 e. The van der Waals surface area contributed by atoms with Gasteiger partial charge in [0.1, 0.15) is 0 Å². The highest BCUT2D eigenvalue weighted by Crippen LogP contribution is 2.30. The van der Waals surface area contributed by atoms with Crippen molar-refractivity contribution in [3.05, 3.63) is 45.1 Å². The number of anilines is 1. The van der Waals surface area contributed by atoms with Crippen molar-refractivity contribution >= 4 is 35.9 Å². The lowest BCUT2D eigenvalue weighted by Gasteiger charge is -2.40. The molecule has 29 heavy (non-hydrogen) atoms. The standard InChI is InChI=1S/C23H31BNO3S/c1-15-17(24-28-23(4,5)22(2,3)27-6)11-9-12-18(15)25-21(26)20-14-16-10-7-8-13-19(16)29-20/h9,11-12,14H,7-8,10,13H2,1-6H3,(H,25,26). The van der Waals surface area contributed by atoms with Gasteiger partial charge in [0.2, 0.25) is 0 Å². The molecule has 1 aromatic heterocycles. The molecular formula is C23H31BNO3S. The smallest absolute Gasteiger partial charge is 0.331 e. The predicted octanol–water partition coefficient (Wildman–Crippen LogP) is 4.65. The number of thiophene rings is 1. The maximum Gasteiger partial charge on any atom is 0.331 e. The van der Waals surface area contributed by atoms with Gasteiger partial charge in [-0.25, -0.2) is 0 Å². The number of hydrogen-bond acceptors (Lipinski definition) is 4. The second-order valence-corrected chi connectivity index (χ2v) is 9.84. The van der Waals surface area contributed by atoms with Gasteiger partial charge < -0.3 is 14.7 Å². The number of benzene rings is 1. The number of aryl methyl sites for hydroxylation is 2. The molecule has 155 valence electrons. The fourth-order valence-corrected chi connectivity index (χ4v) is 4.45. The Labute approximate surface area is 179 Å². The normalized spacial score (nSPS) is 14.4. The first-order valence-corrected chi connectivity index (χ1v) is 11.0. The highest BCUT2D eigenvalue weighted by molar-refractivity contribution is 7.14. The molecule has 1 amide bonds. The van der Waals surface area contributed by atoms with Crippen LogP contribution in [0.15, 0.2) is 24.3 Å². The van der Waals surface area contributed by atoms with E-state index in [0.29, 0.717) is 0 Å². The molecule has 0 fully saturated rings. The Morgan fingerprint density at radius 1 is 1.14 bits per heavy atom. The third kappa shape index (κ3) is 4.76. The molecule has 0 spiro atoms. The Morgan fingerprint density at radius 2 is 1.86 bits per heavy atom. The van der Waals surface area contributed by atoms with Crippen molar-refractivity contribution in [2.24, 2.45) is 0 Å². The van der Waals surface area contributed by atoms with Gasteiger partial charge in [-0.2, -0.15) is 0 Å². The van der Waals surface area contributed by atoms with E-state index < -0.39 is 11.2 Å². The lowest BCUT2D eigenvalue weighted by Crippen LogP contribution is -2.50. The minimum absolute atomic E-state index is 0.0357. The second kappa shape index (κ2) is 8.62. The van der Waals surface area contributed by atoms with Crippen LogP contribution >= 0.6 is 11.3 Å². The van der Waals surface area contributed by atoms with Crippen LogP contribution in [0, 0.1) is 6.92 Å². The minimum Gasteiger partial charge on any atom is -0.427 e. The first-order valence-electron chi connectivity index (χ1n) is 10.2. The number of rotatable bonds is 7. The highest BCUT2D eigenvalue weighted by atomic mass is 32.1. The predicted molar refractivity (Wildman–Crippen MR) is 122 cm³/mol. The van der Waals surface area contributed by atoms with E-state index in [9.17, 15) is 4.79 Å². The van der Waals surface area contributed by atoms with Gasteiger partial charge in [0.05, 0.1) is 16.1 Å². The number of fused-ring (bicyclic) bond motifs is 1. The molecule has 4 nitrogen and oxygen atoms in total. The van der Waals surface area contributed by atoms with E-state index in [1.807, 2.05) is 52.8 Å². The number of ether oxygens (including phenoxy) is 1. The van der Waals surface area contributed by atoms with Crippen molar-refractivity contribution in [2.45, 2.75) is 71.5 Å². The number of methoxy groups -OCH3 is 1. The van der Waals surface area contributed by atoms with Crippen molar-refractivity contribution in [3.8, 4) is 0 Å². The number of nitrogens with one attached hydrogen (secondary N) is 1. The third-order valence-electron chi connectivity index (χ3n) is 6.29. The fraction of sp³-hybridized carbons (Fsp3) is 0.522. The molecule has 0 aliphatic heterocycles. The molecule has 1 radical (unpaired) electrons. The molecule has 1 heterocycles. The quantitative estimate of drug-likeness (QED) is 0.674. The van der Waals surface area contributed by atoms with Crippen LogP contribution < -0.4 is 10.8 Å². The fourth-order valence-electron chi connectivity index (χ4n) is 3.30. The average Bonchev–Trinajstić information content (AvgIpc) is 3.13. The molecule has 0 saturated carbocycles. The van der Waals surface area contributed by atoms with Gasteiger partial charge in [0.15, 0.2) is 0 Å². The van der Waals surface area contributed by atoms with E-state index in [4.69, 9.17) is 9.39 Å². The summed E-state index contributed by atoms with van der Waals surface area (Å²) in [5.74, 6) is -0.0357. The van der Waals surface area contributed by atoms with Crippen LogP contribution in [0.1, 0.15) is 66.2 Å². The van der Waals surface area contributed by atoms with E-state index in [-0.39, 0.29) is 5.91 Å². The van der Waals surface area contributed by atoms with Gasteiger partial charge in [0, 0.05) is 17.7 Å². The van der Waals surface area contributed by atoms with Crippen LogP contribution in [0.2, 0.25) is 0 Å². The van der Waals surface area contributed by atoms with Crippen LogP contribution in [0.4, 0.5) is 5.69 Å². The van der Waals surface area contributed by atoms with Crippen LogP contribution in [0.25, 0.3) is 0 Å². The Hall–Kier alpha value is -1.63. The van der Waals surface area contributed by atoms with Crippen molar-refractivity contribution in [1.82, 2.24) is 0 Å². The molecule has 0 bridgehead atoms. The topological polar surface area (TPSA) is 47.6 Å². The van der Waals surface area contributed by atoms with Crippen molar-refractivity contribution in [3.63, 3.8) is 0 Å². The summed E-state index contributed by atoms with van der Waals surface area (Å²) in [4.78, 5) is 15.0. The van der Waals surface area contributed by atoms with E-state index in [0.717, 1.165) is 34.4 Å². The Balaban J connectivity index is 1.71. The zero-order chi connectivity index (χ0) is 21.2. The SMILES string of the molecule is COC(C)(C)C(C)(C)O[B]c1cccc(NC(=O)c2cc3c(s2)CCCC3)c1C. The van der Waals surface area contributed by atoms with E-state index >= 15 is 0 Å². The molecule has 0 unspecified atom stereocenters. The molecule has 1 N–H and O–H groups in total. The molecule has 0 saturated heterocycles. The van der Waals surface area contributed by atoms with Crippen molar-refractivity contribution in [1.29, 1.82) is 0 Å². The summed E-state index contributed by atoms with van der Waals surface area (Å²) >= 11 is 1.63. The molecule has 3 rings (SSSR count). The summed E-state index contributed by atoms with van der Waals surface area (Å²) in [6.45, 7) is 10.0. The van der Waals surface area contributed by atoms with E-state index in [1.54, 1.807) is 25.9 Å². The number of carbonyl (C=O) groups is 1.